The predicted octanol–water partition coefficient (Wildman–Crippen LogP) is 1.40. The van der Waals surface area contributed by atoms with E-state index in [1.54, 1.807) is 0 Å². The number of aliphatic hydroxyl groups is 1. The van der Waals surface area contributed by atoms with Crippen LogP contribution in [0.25, 0.3) is 0 Å². The van der Waals surface area contributed by atoms with Gasteiger partial charge < -0.3 is 15.7 Å². The highest BCUT2D eigenvalue weighted by atomic mass is 16.3. The zero-order valence-corrected chi connectivity index (χ0v) is 9.39. The van der Waals surface area contributed by atoms with Gasteiger partial charge in [0.1, 0.15) is 0 Å². The van der Waals surface area contributed by atoms with E-state index in [0.29, 0.717) is 18.6 Å². The Balaban J connectivity index is 1.98. The van der Waals surface area contributed by atoms with Crippen molar-refractivity contribution in [2.45, 2.75) is 25.3 Å². The molecule has 3 N–H and O–H groups in total. The minimum absolute atomic E-state index is 0.318. The van der Waals surface area contributed by atoms with Gasteiger partial charge >= 0.3 is 0 Å². The van der Waals surface area contributed by atoms with Crippen molar-refractivity contribution in [3.05, 3.63) is 23.8 Å². The van der Waals surface area contributed by atoms with Gasteiger partial charge in [0.2, 0.25) is 0 Å². The van der Waals surface area contributed by atoms with E-state index in [1.165, 1.54) is 17.7 Å². The van der Waals surface area contributed by atoms with E-state index in [-0.39, 0.29) is 0 Å². The molecule has 2 aliphatic heterocycles. The van der Waals surface area contributed by atoms with Gasteiger partial charge in [-0.25, -0.2) is 0 Å². The van der Waals surface area contributed by atoms with Gasteiger partial charge in [0.25, 0.3) is 0 Å². The van der Waals surface area contributed by atoms with E-state index in [1.807, 2.05) is 6.07 Å². The zero-order valence-electron chi connectivity index (χ0n) is 9.39. The summed E-state index contributed by atoms with van der Waals surface area (Å²) in [5.41, 5.74) is 9.40. The molecule has 1 aromatic rings. The number of aliphatic hydroxyl groups excluding tert-OH is 1. The molecule has 0 aromatic heterocycles. The Hall–Kier alpha value is -1.22. The minimum Gasteiger partial charge on any atom is -0.399 e. The molecule has 3 nitrogen and oxygen atoms in total. The number of hydrogen-bond donors (Lipinski definition) is 2. The summed E-state index contributed by atoms with van der Waals surface area (Å²) < 4.78 is 0. The van der Waals surface area contributed by atoms with Crippen molar-refractivity contribution in [1.29, 1.82) is 0 Å². The first-order valence-electron chi connectivity index (χ1n) is 6.05. The van der Waals surface area contributed by atoms with E-state index < -0.39 is 0 Å². The first kappa shape index (κ1) is 9.97. The van der Waals surface area contributed by atoms with E-state index in [2.05, 4.69) is 17.0 Å². The first-order chi connectivity index (χ1) is 7.79. The lowest BCUT2D eigenvalue weighted by Gasteiger charge is -2.35. The van der Waals surface area contributed by atoms with Gasteiger partial charge in [0.15, 0.2) is 0 Å². The molecule has 0 spiro atoms. The van der Waals surface area contributed by atoms with Crippen molar-refractivity contribution < 1.29 is 5.11 Å². The molecule has 0 bridgehead atoms. The third-order valence-corrected chi connectivity index (χ3v) is 4.05. The Morgan fingerprint density at radius 2 is 2.25 bits per heavy atom. The molecule has 1 fully saturated rings. The van der Waals surface area contributed by atoms with Crippen LogP contribution in [0.1, 0.15) is 18.4 Å². The Morgan fingerprint density at radius 1 is 1.38 bits per heavy atom. The number of rotatable bonds is 1. The van der Waals surface area contributed by atoms with Gasteiger partial charge in [-0.2, -0.15) is 0 Å². The van der Waals surface area contributed by atoms with E-state index >= 15 is 0 Å². The third-order valence-electron chi connectivity index (χ3n) is 4.05. The monoisotopic (exact) mass is 218 g/mol. The molecule has 2 atom stereocenters. The molecule has 0 aliphatic carbocycles. The fourth-order valence-corrected chi connectivity index (χ4v) is 3.18. The number of benzene rings is 1. The molecule has 0 amide bonds. The maximum Gasteiger partial charge on any atom is 0.0479 e. The normalized spacial score (nSPS) is 27.7. The lowest BCUT2D eigenvalue weighted by atomic mass is 9.91. The molecule has 2 heterocycles. The molecule has 86 valence electrons. The van der Waals surface area contributed by atoms with Crippen LogP contribution in [0.3, 0.4) is 0 Å². The highest BCUT2D eigenvalue weighted by Gasteiger charge is 2.36. The van der Waals surface area contributed by atoms with Crippen molar-refractivity contribution in [3.8, 4) is 0 Å². The summed E-state index contributed by atoms with van der Waals surface area (Å²) in [6, 6.07) is 6.74. The van der Waals surface area contributed by atoms with Crippen molar-refractivity contribution in [2.75, 3.05) is 23.8 Å². The second kappa shape index (κ2) is 3.67. The zero-order chi connectivity index (χ0) is 11.1. The Bertz CT molecular complexity index is 405. The molecule has 2 aliphatic rings. The molecular weight excluding hydrogens is 200 g/mol. The van der Waals surface area contributed by atoms with Gasteiger partial charge in [-0.05, 0) is 37.0 Å². The number of aryl methyl sites for hydroxylation is 1. The fourth-order valence-electron chi connectivity index (χ4n) is 3.18. The van der Waals surface area contributed by atoms with Crippen molar-refractivity contribution >= 4 is 11.4 Å². The number of nitrogens with zero attached hydrogens (tertiary/aromatic N) is 1. The molecule has 3 heteroatoms. The number of nitrogens with two attached hydrogens (primary N) is 1. The second-order valence-corrected chi connectivity index (χ2v) is 4.92. The maximum absolute atomic E-state index is 9.36. The topological polar surface area (TPSA) is 49.5 Å². The van der Waals surface area contributed by atoms with Crippen LogP contribution in [0.2, 0.25) is 0 Å². The number of nitrogen functional groups attached to an aromatic ring is 1. The average Bonchev–Trinajstić information content (AvgIpc) is 2.72. The lowest BCUT2D eigenvalue weighted by Crippen LogP contribution is -2.38. The quantitative estimate of drug-likeness (QED) is 0.701. The number of hydrogen-bond acceptors (Lipinski definition) is 3. The summed E-state index contributed by atoms with van der Waals surface area (Å²) in [6.45, 7) is 1.38. The van der Waals surface area contributed by atoms with Gasteiger partial charge in [0, 0.05) is 36.5 Å². The molecule has 1 aromatic carbocycles. The van der Waals surface area contributed by atoms with Gasteiger partial charge in [-0.1, -0.05) is 6.07 Å². The van der Waals surface area contributed by atoms with Gasteiger partial charge in [0.05, 0.1) is 0 Å². The molecule has 2 unspecified atom stereocenters. The lowest BCUT2D eigenvalue weighted by molar-refractivity contribution is 0.213. The molecule has 3 rings (SSSR count). The maximum atomic E-state index is 9.36. The van der Waals surface area contributed by atoms with Crippen LogP contribution in [0.4, 0.5) is 11.4 Å². The standard InChI is InChI=1S/C13H18N2O/c14-11-3-1-9-2-4-12-10(8-16)5-6-15(12)13(9)7-11/h1,3,7,10,12,16H,2,4-6,8,14H2. The smallest absolute Gasteiger partial charge is 0.0479 e. The summed E-state index contributed by atoms with van der Waals surface area (Å²) in [5, 5.41) is 9.36. The van der Waals surface area contributed by atoms with Crippen LogP contribution >= 0.6 is 0 Å². The number of fused-ring (bicyclic) bond motifs is 3. The summed E-state index contributed by atoms with van der Waals surface area (Å²) in [7, 11) is 0. The highest BCUT2D eigenvalue weighted by molar-refractivity contribution is 5.63. The summed E-state index contributed by atoms with van der Waals surface area (Å²) >= 11 is 0. The summed E-state index contributed by atoms with van der Waals surface area (Å²) in [6.07, 6.45) is 3.39. The molecule has 0 saturated carbocycles. The van der Waals surface area contributed by atoms with Crippen LogP contribution in [0, 0.1) is 5.92 Å². The van der Waals surface area contributed by atoms with Gasteiger partial charge in [-0.15, -0.1) is 0 Å². The minimum atomic E-state index is 0.318. The fraction of sp³-hybridized carbons (Fsp3) is 0.538. The Labute approximate surface area is 95.9 Å². The first-order valence-corrected chi connectivity index (χ1v) is 6.05. The second-order valence-electron chi connectivity index (χ2n) is 4.92. The highest BCUT2D eigenvalue weighted by Crippen LogP contribution is 2.39. The van der Waals surface area contributed by atoms with Crippen molar-refractivity contribution in [3.63, 3.8) is 0 Å². The van der Waals surface area contributed by atoms with Crippen LogP contribution in [0.15, 0.2) is 18.2 Å². The van der Waals surface area contributed by atoms with Crippen LogP contribution in [-0.2, 0) is 6.42 Å². The van der Waals surface area contributed by atoms with E-state index in [4.69, 9.17) is 5.73 Å². The van der Waals surface area contributed by atoms with Crippen molar-refractivity contribution in [2.24, 2.45) is 5.92 Å². The number of anilines is 2. The van der Waals surface area contributed by atoms with Crippen LogP contribution < -0.4 is 10.6 Å². The van der Waals surface area contributed by atoms with Crippen LogP contribution in [-0.4, -0.2) is 24.3 Å². The molecule has 16 heavy (non-hydrogen) atoms. The predicted molar refractivity (Wildman–Crippen MR) is 65.5 cm³/mol. The largest absolute Gasteiger partial charge is 0.399 e. The SMILES string of the molecule is Nc1ccc2c(c1)N1CCC(CO)C1CC2. The average molecular weight is 218 g/mol. The summed E-state index contributed by atoms with van der Waals surface area (Å²) in [5.74, 6) is 0.453. The summed E-state index contributed by atoms with van der Waals surface area (Å²) in [4.78, 5) is 2.44. The van der Waals surface area contributed by atoms with E-state index in [0.717, 1.165) is 25.1 Å². The van der Waals surface area contributed by atoms with E-state index in [9.17, 15) is 5.11 Å². The molecule has 0 radical (unpaired) electrons. The molecule has 1 saturated heterocycles. The van der Waals surface area contributed by atoms with Gasteiger partial charge in [-0.3, -0.25) is 0 Å². The Kier molecular flexibility index (Phi) is 2.28. The van der Waals surface area contributed by atoms with Crippen LogP contribution in [0.5, 0.6) is 0 Å². The van der Waals surface area contributed by atoms with Crippen molar-refractivity contribution in [1.82, 2.24) is 0 Å². The Morgan fingerprint density at radius 3 is 3.06 bits per heavy atom. The third kappa shape index (κ3) is 1.39. The molecular formula is C13H18N2O.